The minimum Gasteiger partial charge on any atom is -0.444 e. The van der Waals surface area contributed by atoms with E-state index in [0.717, 1.165) is 10.8 Å². The Morgan fingerprint density at radius 1 is 1.09 bits per heavy atom. The fourth-order valence-corrected chi connectivity index (χ4v) is 2.01. The van der Waals surface area contributed by atoms with Crippen molar-refractivity contribution in [2.75, 3.05) is 5.32 Å². The second kappa shape index (κ2) is 6.69. The fraction of sp³-hybridized carbons (Fsp3) is 0.333. The van der Waals surface area contributed by atoms with Gasteiger partial charge in [-0.05, 0) is 43.7 Å². The highest BCUT2D eigenvalue weighted by Gasteiger charge is 2.18. The van der Waals surface area contributed by atoms with Crippen molar-refractivity contribution in [1.82, 2.24) is 0 Å². The molecule has 0 heterocycles. The van der Waals surface area contributed by atoms with Crippen molar-refractivity contribution < 1.29 is 19.1 Å². The number of fused-ring (bicyclic) bond motifs is 1. The second-order valence-electron chi connectivity index (χ2n) is 6.15. The number of carbonyl (C=O) groups excluding carboxylic acids is 2. The topological polar surface area (TPSA) is 64.6 Å². The van der Waals surface area contributed by atoms with Crippen molar-refractivity contribution in [3.63, 3.8) is 0 Å². The Bertz CT molecular complexity index is 731. The zero-order valence-corrected chi connectivity index (χ0v) is 13.8. The predicted octanol–water partition coefficient (Wildman–Crippen LogP) is 4.50. The number of carbonyl (C=O) groups is 2. The maximum Gasteiger partial charge on any atom is 0.412 e. The number of ether oxygens (including phenoxy) is 2. The third-order valence-corrected chi connectivity index (χ3v) is 3.00. The number of nitrogens with one attached hydrogen (secondary N) is 1. The summed E-state index contributed by atoms with van der Waals surface area (Å²) < 4.78 is 10.6. The molecule has 0 aliphatic rings. The van der Waals surface area contributed by atoms with Gasteiger partial charge in [-0.2, -0.15) is 0 Å². The van der Waals surface area contributed by atoms with E-state index in [1.807, 2.05) is 24.3 Å². The van der Waals surface area contributed by atoms with Gasteiger partial charge >= 0.3 is 12.1 Å². The van der Waals surface area contributed by atoms with Gasteiger partial charge in [-0.1, -0.05) is 31.2 Å². The van der Waals surface area contributed by atoms with E-state index in [9.17, 15) is 9.59 Å². The van der Waals surface area contributed by atoms with Crippen LogP contribution in [0.2, 0.25) is 0 Å². The fourth-order valence-electron chi connectivity index (χ4n) is 2.01. The van der Waals surface area contributed by atoms with E-state index in [1.165, 1.54) is 0 Å². The van der Waals surface area contributed by atoms with Crippen LogP contribution in [0.1, 0.15) is 34.1 Å². The number of hydrogen-bond acceptors (Lipinski definition) is 4. The molecule has 0 spiro atoms. The Labute approximate surface area is 135 Å². The highest BCUT2D eigenvalue weighted by atomic mass is 16.6. The molecule has 1 amide bonds. The van der Waals surface area contributed by atoms with Gasteiger partial charge in [0.1, 0.15) is 5.60 Å². The Morgan fingerprint density at radius 3 is 2.26 bits per heavy atom. The number of amides is 1. The normalized spacial score (nSPS) is 11.1. The summed E-state index contributed by atoms with van der Waals surface area (Å²) in [5, 5.41) is 4.49. The molecule has 0 bridgehead atoms. The summed E-state index contributed by atoms with van der Waals surface area (Å²) >= 11 is 0. The summed E-state index contributed by atoms with van der Waals surface area (Å²) in [6, 6.07) is 11.1. The minimum atomic E-state index is -0.610. The van der Waals surface area contributed by atoms with E-state index in [-0.39, 0.29) is 12.4 Å². The lowest BCUT2D eigenvalue weighted by molar-refractivity contribution is -0.133. The molecule has 5 heteroatoms. The van der Waals surface area contributed by atoms with Crippen molar-refractivity contribution in [1.29, 1.82) is 0 Å². The van der Waals surface area contributed by atoms with Gasteiger partial charge in [0.15, 0.2) is 5.75 Å². The van der Waals surface area contributed by atoms with E-state index in [4.69, 9.17) is 9.47 Å². The Morgan fingerprint density at radius 2 is 1.70 bits per heavy atom. The van der Waals surface area contributed by atoms with E-state index in [1.54, 1.807) is 39.8 Å². The largest absolute Gasteiger partial charge is 0.444 e. The van der Waals surface area contributed by atoms with Crippen LogP contribution in [0.25, 0.3) is 10.8 Å². The van der Waals surface area contributed by atoms with Crippen LogP contribution in [0.15, 0.2) is 36.4 Å². The molecule has 122 valence electrons. The third kappa shape index (κ3) is 4.71. The quantitative estimate of drug-likeness (QED) is 0.669. The lowest BCUT2D eigenvalue weighted by Gasteiger charge is -2.20. The maximum absolute atomic E-state index is 12.0. The van der Waals surface area contributed by atoms with Crippen LogP contribution in [0.3, 0.4) is 0 Å². The lowest BCUT2D eigenvalue weighted by Crippen LogP contribution is -2.27. The van der Waals surface area contributed by atoms with Gasteiger partial charge in [0.2, 0.25) is 0 Å². The molecule has 1 N–H and O–H groups in total. The first-order valence-corrected chi connectivity index (χ1v) is 7.52. The van der Waals surface area contributed by atoms with Gasteiger partial charge in [0.05, 0.1) is 5.69 Å². The van der Waals surface area contributed by atoms with Crippen molar-refractivity contribution in [2.24, 2.45) is 0 Å². The number of anilines is 1. The zero-order chi connectivity index (χ0) is 17.0. The van der Waals surface area contributed by atoms with E-state index in [0.29, 0.717) is 11.4 Å². The number of benzene rings is 2. The van der Waals surface area contributed by atoms with E-state index < -0.39 is 11.7 Å². The number of rotatable bonds is 3. The lowest BCUT2D eigenvalue weighted by atomic mass is 10.1. The molecule has 0 saturated heterocycles. The van der Waals surface area contributed by atoms with Gasteiger partial charge in [-0.25, -0.2) is 4.79 Å². The Kier molecular flexibility index (Phi) is 4.89. The third-order valence-electron chi connectivity index (χ3n) is 3.00. The van der Waals surface area contributed by atoms with Gasteiger partial charge in [-0.15, -0.1) is 0 Å². The van der Waals surface area contributed by atoms with Crippen molar-refractivity contribution >= 4 is 28.5 Å². The zero-order valence-electron chi connectivity index (χ0n) is 13.8. The van der Waals surface area contributed by atoms with Crippen molar-refractivity contribution in [2.45, 2.75) is 39.7 Å². The van der Waals surface area contributed by atoms with Crippen molar-refractivity contribution in [3.8, 4) is 5.75 Å². The van der Waals surface area contributed by atoms with Crippen LogP contribution in [0.5, 0.6) is 5.75 Å². The average Bonchev–Trinajstić information content (AvgIpc) is 2.45. The van der Waals surface area contributed by atoms with Gasteiger partial charge < -0.3 is 9.47 Å². The molecule has 5 nitrogen and oxygen atoms in total. The van der Waals surface area contributed by atoms with Crippen LogP contribution in [-0.4, -0.2) is 17.7 Å². The maximum atomic E-state index is 12.0. The first-order valence-electron chi connectivity index (χ1n) is 7.52. The molecule has 0 aliphatic carbocycles. The average molecular weight is 315 g/mol. The standard InChI is InChI=1S/C18H21NO4/c1-5-16(20)22-15-11-13-9-7-6-8-12(13)10-14(15)19-17(21)23-18(2,3)4/h6-11H,5H2,1-4H3,(H,19,21). The first kappa shape index (κ1) is 16.8. The summed E-state index contributed by atoms with van der Waals surface area (Å²) in [5.41, 5.74) is -0.207. The molecular weight excluding hydrogens is 294 g/mol. The van der Waals surface area contributed by atoms with Crippen molar-refractivity contribution in [3.05, 3.63) is 36.4 Å². The molecule has 0 saturated carbocycles. The summed E-state index contributed by atoms with van der Waals surface area (Å²) in [7, 11) is 0. The molecule has 0 radical (unpaired) electrons. The molecular formula is C18H21NO4. The summed E-state index contributed by atoms with van der Waals surface area (Å²) in [6.07, 6.45) is -0.347. The summed E-state index contributed by atoms with van der Waals surface area (Å²) in [4.78, 5) is 23.6. The van der Waals surface area contributed by atoms with Crippen LogP contribution in [0, 0.1) is 0 Å². The molecule has 0 aliphatic heterocycles. The highest BCUT2D eigenvalue weighted by molar-refractivity contribution is 5.95. The molecule has 23 heavy (non-hydrogen) atoms. The molecule has 2 aromatic carbocycles. The molecule has 2 aromatic rings. The van der Waals surface area contributed by atoms with Crippen LogP contribution < -0.4 is 10.1 Å². The smallest absolute Gasteiger partial charge is 0.412 e. The highest BCUT2D eigenvalue weighted by Crippen LogP contribution is 2.31. The van der Waals surface area contributed by atoms with Gasteiger partial charge in [-0.3, -0.25) is 10.1 Å². The second-order valence-corrected chi connectivity index (χ2v) is 6.15. The minimum absolute atomic E-state index is 0.249. The molecule has 0 unspecified atom stereocenters. The Hall–Kier alpha value is -2.56. The molecule has 2 rings (SSSR count). The molecule has 0 aromatic heterocycles. The van der Waals surface area contributed by atoms with Gasteiger partial charge in [0, 0.05) is 6.42 Å². The number of hydrogen-bond donors (Lipinski definition) is 1. The first-order chi connectivity index (χ1) is 10.8. The summed E-state index contributed by atoms with van der Waals surface area (Å²) in [5.74, 6) is -0.0612. The SMILES string of the molecule is CCC(=O)Oc1cc2ccccc2cc1NC(=O)OC(C)(C)C. The summed E-state index contributed by atoms with van der Waals surface area (Å²) in [6.45, 7) is 7.06. The molecule has 0 atom stereocenters. The van der Waals surface area contributed by atoms with Crippen LogP contribution in [-0.2, 0) is 9.53 Å². The van der Waals surface area contributed by atoms with E-state index >= 15 is 0 Å². The Balaban J connectivity index is 2.36. The van der Waals surface area contributed by atoms with Crippen LogP contribution >= 0.6 is 0 Å². The predicted molar refractivity (Wildman–Crippen MR) is 89.7 cm³/mol. The number of esters is 1. The monoisotopic (exact) mass is 315 g/mol. The van der Waals surface area contributed by atoms with E-state index in [2.05, 4.69) is 5.32 Å². The molecule has 0 fully saturated rings. The van der Waals surface area contributed by atoms with Gasteiger partial charge in [0.25, 0.3) is 0 Å². The van der Waals surface area contributed by atoms with Crippen LogP contribution in [0.4, 0.5) is 10.5 Å².